The highest BCUT2D eigenvalue weighted by molar-refractivity contribution is 5.92. The number of benzene rings is 2. The fraction of sp³-hybridized carbons (Fsp3) is 0.182. The summed E-state index contributed by atoms with van der Waals surface area (Å²) in [7, 11) is 0. The monoisotopic (exact) mass is 361 g/mol. The van der Waals surface area contributed by atoms with Crippen LogP contribution >= 0.6 is 0 Å². The highest BCUT2D eigenvalue weighted by Crippen LogP contribution is 2.23. The van der Waals surface area contributed by atoms with Gasteiger partial charge in [-0.1, -0.05) is 42.5 Å². The van der Waals surface area contributed by atoms with Crippen molar-refractivity contribution in [2.45, 2.75) is 19.5 Å². The molecule has 0 unspecified atom stereocenters. The zero-order valence-electron chi connectivity index (χ0n) is 14.9. The van der Waals surface area contributed by atoms with Crippen molar-refractivity contribution in [2.24, 2.45) is 0 Å². The molecule has 0 radical (unpaired) electrons. The van der Waals surface area contributed by atoms with Crippen LogP contribution in [0.3, 0.4) is 0 Å². The second kappa shape index (κ2) is 7.58. The molecule has 0 saturated carbocycles. The molecule has 0 aliphatic carbocycles. The highest BCUT2D eigenvalue weighted by atomic mass is 19.1. The molecule has 27 heavy (non-hydrogen) atoms. The first-order chi connectivity index (χ1) is 13.2. The maximum atomic E-state index is 13.6. The van der Waals surface area contributed by atoms with E-state index in [1.807, 2.05) is 6.07 Å². The van der Waals surface area contributed by atoms with Crippen LogP contribution in [-0.4, -0.2) is 17.4 Å². The standard InChI is InChI=1S/C22H20FN3O/c23-20-8-4-3-6-17(20)13-25-22(27)21-10-9-19(14-24-21)26-12-11-16-5-1-2-7-18(16)15-26/h1-10,14H,11-13,15H2,(H,25,27). The zero-order chi connectivity index (χ0) is 18.6. The van der Waals surface area contributed by atoms with Crippen LogP contribution in [0.25, 0.3) is 0 Å². The van der Waals surface area contributed by atoms with Gasteiger partial charge in [0.25, 0.3) is 5.91 Å². The number of carbonyl (C=O) groups is 1. The smallest absolute Gasteiger partial charge is 0.270 e. The van der Waals surface area contributed by atoms with E-state index < -0.39 is 0 Å². The Bertz CT molecular complexity index is 956. The van der Waals surface area contributed by atoms with E-state index in [1.165, 1.54) is 17.2 Å². The molecule has 1 aliphatic rings. The summed E-state index contributed by atoms with van der Waals surface area (Å²) in [5.41, 5.74) is 4.50. The molecule has 3 aromatic rings. The maximum Gasteiger partial charge on any atom is 0.270 e. The van der Waals surface area contributed by atoms with Crippen molar-refractivity contribution in [3.8, 4) is 0 Å². The molecule has 136 valence electrons. The molecule has 1 N–H and O–H groups in total. The number of aromatic nitrogens is 1. The molecular formula is C22H20FN3O. The summed E-state index contributed by atoms with van der Waals surface area (Å²) in [4.78, 5) is 18.8. The van der Waals surface area contributed by atoms with E-state index in [9.17, 15) is 9.18 Å². The summed E-state index contributed by atoms with van der Waals surface area (Å²) in [6.45, 7) is 1.91. The van der Waals surface area contributed by atoms with Gasteiger partial charge in [-0.05, 0) is 35.7 Å². The van der Waals surface area contributed by atoms with Crippen molar-refractivity contribution in [1.29, 1.82) is 0 Å². The van der Waals surface area contributed by atoms with E-state index >= 15 is 0 Å². The summed E-state index contributed by atoms with van der Waals surface area (Å²) in [6, 6.07) is 18.5. The molecule has 0 fully saturated rings. The molecule has 0 bridgehead atoms. The first-order valence-electron chi connectivity index (χ1n) is 9.00. The van der Waals surface area contributed by atoms with Crippen LogP contribution in [0.15, 0.2) is 66.9 Å². The van der Waals surface area contributed by atoms with Crippen LogP contribution in [0.1, 0.15) is 27.2 Å². The van der Waals surface area contributed by atoms with E-state index in [0.717, 1.165) is 25.2 Å². The van der Waals surface area contributed by atoms with Crippen LogP contribution in [-0.2, 0) is 19.5 Å². The second-order valence-electron chi connectivity index (χ2n) is 6.62. The number of rotatable bonds is 4. The average molecular weight is 361 g/mol. The molecule has 0 saturated heterocycles. The Morgan fingerprint density at radius 1 is 1.04 bits per heavy atom. The number of pyridine rings is 1. The lowest BCUT2D eigenvalue weighted by Crippen LogP contribution is -2.30. The van der Waals surface area contributed by atoms with Gasteiger partial charge in [0.2, 0.25) is 0 Å². The lowest BCUT2D eigenvalue weighted by Gasteiger charge is -2.30. The Kier molecular flexibility index (Phi) is 4.83. The van der Waals surface area contributed by atoms with Gasteiger partial charge in [0, 0.05) is 25.2 Å². The van der Waals surface area contributed by atoms with Crippen LogP contribution < -0.4 is 10.2 Å². The summed E-state index contributed by atoms with van der Waals surface area (Å²) < 4.78 is 13.6. The van der Waals surface area contributed by atoms with Crippen molar-refractivity contribution in [1.82, 2.24) is 10.3 Å². The molecule has 0 atom stereocenters. The van der Waals surface area contributed by atoms with Crippen LogP contribution in [0, 0.1) is 5.82 Å². The predicted octanol–water partition coefficient (Wildman–Crippen LogP) is 3.71. The number of carbonyl (C=O) groups excluding carboxylic acids is 1. The van der Waals surface area contributed by atoms with E-state index in [2.05, 4.69) is 39.5 Å². The number of halogens is 1. The topological polar surface area (TPSA) is 45.2 Å². The Hall–Kier alpha value is -3.21. The molecule has 0 spiro atoms. The Morgan fingerprint density at radius 2 is 1.81 bits per heavy atom. The van der Waals surface area contributed by atoms with Gasteiger partial charge in [0.15, 0.2) is 0 Å². The van der Waals surface area contributed by atoms with Gasteiger partial charge in [-0.2, -0.15) is 0 Å². The van der Waals surface area contributed by atoms with Gasteiger partial charge in [-0.15, -0.1) is 0 Å². The number of fused-ring (bicyclic) bond motifs is 1. The summed E-state index contributed by atoms with van der Waals surface area (Å²) in [5.74, 6) is -0.639. The second-order valence-corrected chi connectivity index (χ2v) is 6.62. The fourth-order valence-corrected chi connectivity index (χ4v) is 3.33. The molecule has 2 heterocycles. The van der Waals surface area contributed by atoms with Gasteiger partial charge in [0.05, 0.1) is 11.9 Å². The predicted molar refractivity (Wildman–Crippen MR) is 103 cm³/mol. The lowest BCUT2D eigenvalue weighted by atomic mass is 10.00. The average Bonchev–Trinajstić information content (AvgIpc) is 2.73. The Balaban J connectivity index is 1.40. The van der Waals surface area contributed by atoms with E-state index in [-0.39, 0.29) is 18.3 Å². The zero-order valence-corrected chi connectivity index (χ0v) is 14.9. The SMILES string of the molecule is O=C(NCc1ccccc1F)c1ccc(N2CCc3ccccc3C2)cn1. The Morgan fingerprint density at radius 3 is 2.59 bits per heavy atom. The highest BCUT2D eigenvalue weighted by Gasteiger charge is 2.17. The molecule has 1 aliphatic heterocycles. The van der Waals surface area contributed by atoms with E-state index in [0.29, 0.717) is 11.3 Å². The molecule has 4 nitrogen and oxygen atoms in total. The lowest BCUT2D eigenvalue weighted by molar-refractivity contribution is 0.0945. The van der Waals surface area contributed by atoms with Gasteiger partial charge < -0.3 is 10.2 Å². The molecular weight excluding hydrogens is 341 g/mol. The number of hydrogen-bond donors (Lipinski definition) is 1. The number of anilines is 1. The maximum absolute atomic E-state index is 13.6. The molecule has 4 rings (SSSR count). The van der Waals surface area contributed by atoms with Gasteiger partial charge in [-0.3, -0.25) is 4.79 Å². The summed E-state index contributed by atoms with van der Waals surface area (Å²) >= 11 is 0. The number of amides is 1. The third kappa shape index (κ3) is 3.82. The fourth-order valence-electron chi connectivity index (χ4n) is 3.33. The third-order valence-corrected chi connectivity index (χ3v) is 4.87. The van der Waals surface area contributed by atoms with Crippen LogP contribution in [0.4, 0.5) is 10.1 Å². The van der Waals surface area contributed by atoms with Crippen molar-refractivity contribution < 1.29 is 9.18 Å². The number of nitrogens with one attached hydrogen (secondary N) is 1. The van der Waals surface area contributed by atoms with Crippen molar-refractivity contribution in [3.05, 3.63) is 95.1 Å². The van der Waals surface area contributed by atoms with E-state index in [4.69, 9.17) is 0 Å². The van der Waals surface area contributed by atoms with Crippen LogP contribution in [0.5, 0.6) is 0 Å². The first-order valence-corrected chi connectivity index (χ1v) is 9.00. The van der Waals surface area contributed by atoms with E-state index in [1.54, 1.807) is 30.5 Å². The molecule has 1 aromatic heterocycles. The van der Waals surface area contributed by atoms with Crippen molar-refractivity contribution in [2.75, 3.05) is 11.4 Å². The molecule has 2 aromatic carbocycles. The quantitative estimate of drug-likeness (QED) is 0.770. The first kappa shape index (κ1) is 17.2. The van der Waals surface area contributed by atoms with Crippen molar-refractivity contribution >= 4 is 11.6 Å². The third-order valence-electron chi connectivity index (χ3n) is 4.87. The van der Waals surface area contributed by atoms with Crippen molar-refractivity contribution in [3.63, 3.8) is 0 Å². The van der Waals surface area contributed by atoms with Gasteiger partial charge >= 0.3 is 0 Å². The normalized spacial score (nSPS) is 13.1. The molecule has 1 amide bonds. The minimum absolute atomic E-state index is 0.137. The number of nitrogens with zero attached hydrogens (tertiary/aromatic N) is 2. The minimum atomic E-state index is -0.327. The van der Waals surface area contributed by atoms with Crippen LogP contribution in [0.2, 0.25) is 0 Å². The molecule has 5 heteroatoms. The summed E-state index contributed by atoms with van der Waals surface area (Å²) in [5, 5.41) is 2.71. The Labute approximate surface area is 157 Å². The van der Waals surface area contributed by atoms with Gasteiger partial charge in [0.1, 0.15) is 11.5 Å². The largest absolute Gasteiger partial charge is 0.366 e. The van der Waals surface area contributed by atoms with Gasteiger partial charge in [-0.25, -0.2) is 9.37 Å². The number of hydrogen-bond acceptors (Lipinski definition) is 3. The minimum Gasteiger partial charge on any atom is -0.366 e. The summed E-state index contributed by atoms with van der Waals surface area (Å²) in [6.07, 6.45) is 2.73.